The number of H-pyrrole nitrogens is 1. The monoisotopic (exact) mass is 194 g/mol. The molecule has 0 aromatic carbocycles. The fourth-order valence-corrected chi connectivity index (χ4v) is 1.85. The van der Waals surface area contributed by atoms with Gasteiger partial charge < -0.3 is 0 Å². The van der Waals surface area contributed by atoms with Gasteiger partial charge in [0.1, 0.15) is 0 Å². The number of hydrogen-bond donors (Lipinski definition) is 1. The number of rotatable bonds is 6. The van der Waals surface area contributed by atoms with Crippen molar-refractivity contribution in [3.8, 4) is 0 Å². The zero-order chi connectivity index (χ0) is 10.4. The highest BCUT2D eigenvalue weighted by Crippen LogP contribution is 2.14. The van der Waals surface area contributed by atoms with E-state index >= 15 is 0 Å². The quantitative estimate of drug-likeness (QED) is 0.689. The molecule has 0 amide bonds. The summed E-state index contributed by atoms with van der Waals surface area (Å²) in [5.41, 5.74) is 3.86. The lowest BCUT2D eigenvalue weighted by Gasteiger charge is -2.01. The van der Waals surface area contributed by atoms with E-state index < -0.39 is 0 Å². The Morgan fingerprint density at radius 1 is 1.07 bits per heavy atom. The largest absolute Gasteiger partial charge is 0.282 e. The van der Waals surface area contributed by atoms with Crippen molar-refractivity contribution in [1.29, 1.82) is 0 Å². The highest BCUT2D eigenvalue weighted by Gasteiger charge is 2.04. The van der Waals surface area contributed by atoms with Crippen LogP contribution in [0.3, 0.4) is 0 Å². The summed E-state index contributed by atoms with van der Waals surface area (Å²) in [4.78, 5) is 0. The molecule has 0 unspecified atom stereocenters. The zero-order valence-electron chi connectivity index (χ0n) is 9.69. The fraction of sp³-hybridized carbons (Fsp3) is 0.750. The topological polar surface area (TPSA) is 28.7 Å². The van der Waals surface area contributed by atoms with Gasteiger partial charge >= 0.3 is 0 Å². The SMILES string of the molecule is CCCCCCCc1c(C)n[nH]c1C. The molecule has 0 aliphatic carbocycles. The third-order valence-corrected chi connectivity index (χ3v) is 2.81. The van der Waals surface area contributed by atoms with Gasteiger partial charge in [0.2, 0.25) is 0 Å². The Bertz CT molecular complexity index is 244. The first-order chi connectivity index (χ1) is 6.75. The number of unbranched alkanes of at least 4 members (excludes halogenated alkanes) is 4. The van der Waals surface area contributed by atoms with Crippen LogP contribution in [0.4, 0.5) is 0 Å². The second-order valence-corrected chi connectivity index (χ2v) is 4.08. The molecule has 0 spiro atoms. The lowest BCUT2D eigenvalue weighted by molar-refractivity contribution is 0.631. The van der Waals surface area contributed by atoms with Crippen molar-refractivity contribution in [3.05, 3.63) is 17.0 Å². The van der Waals surface area contributed by atoms with E-state index in [1.165, 1.54) is 55.5 Å². The van der Waals surface area contributed by atoms with Gasteiger partial charge in [-0.05, 0) is 32.3 Å². The van der Waals surface area contributed by atoms with Gasteiger partial charge in [0.05, 0.1) is 5.69 Å². The van der Waals surface area contributed by atoms with Crippen molar-refractivity contribution < 1.29 is 0 Å². The maximum absolute atomic E-state index is 4.21. The van der Waals surface area contributed by atoms with Crippen molar-refractivity contribution in [1.82, 2.24) is 10.2 Å². The maximum atomic E-state index is 4.21. The molecule has 0 bridgehead atoms. The van der Waals surface area contributed by atoms with Crippen molar-refractivity contribution in [2.24, 2.45) is 0 Å². The predicted molar refractivity (Wildman–Crippen MR) is 60.5 cm³/mol. The lowest BCUT2D eigenvalue weighted by Crippen LogP contribution is -1.89. The van der Waals surface area contributed by atoms with Crippen LogP contribution in [0, 0.1) is 13.8 Å². The van der Waals surface area contributed by atoms with Gasteiger partial charge in [0, 0.05) is 5.69 Å². The first-order valence-electron chi connectivity index (χ1n) is 5.76. The van der Waals surface area contributed by atoms with Gasteiger partial charge in [-0.1, -0.05) is 32.6 Å². The number of hydrogen-bond acceptors (Lipinski definition) is 1. The Balaban J connectivity index is 2.24. The Morgan fingerprint density at radius 3 is 2.36 bits per heavy atom. The van der Waals surface area contributed by atoms with Crippen LogP contribution in [0.1, 0.15) is 56.0 Å². The first kappa shape index (κ1) is 11.3. The predicted octanol–water partition coefficient (Wildman–Crippen LogP) is 3.54. The van der Waals surface area contributed by atoms with E-state index in [1.54, 1.807) is 0 Å². The van der Waals surface area contributed by atoms with Crippen molar-refractivity contribution in [2.75, 3.05) is 0 Å². The van der Waals surface area contributed by atoms with E-state index in [9.17, 15) is 0 Å². The molecule has 1 N–H and O–H groups in total. The van der Waals surface area contributed by atoms with Gasteiger partial charge in [-0.2, -0.15) is 5.10 Å². The number of aromatic amines is 1. The summed E-state index contributed by atoms with van der Waals surface area (Å²) in [6.45, 7) is 6.45. The molecular weight excluding hydrogens is 172 g/mol. The molecule has 14 heavy (non-hydrogen) atoms. The molecule has 0 saturated heterocycles. The van der Waals surface area contributed by atoms with Gasteiger partial charge in [-0.25, -0.2) is 0 Å². The third kappa shape index (κ3) is 3.17. The second kappa shape index (κ2) is 5.84. The van der Waals surface area contributed by atoms with Crippen molar-refractivity contribution in [3.63, 3.8) is 0 Å². The summed E-state index contributed by atoms with van der Waals surface area (Å²) in [6, 6.07) is 0. The summed E-state index contributed by atoms with van der Waals surface area (Å²) in [6.07, 6.45) is 7.94. The highest BCUT2D eigenvalue weighted by atomic mass is 15.1. The molecule has 0 aliphatic heterocycles. The molecular formula is C12H22N2. The van der Waals surface area contributed by atoms with Crippen LogP contribution in [-0.2, 0) is 6.42 Å². The zero-order valence-corrected chi connectivity index (χ0v) is 9.69. The molecule has 1 rings (SSSR count). The van der Waals surface area contributed by atoms with Crippen molar-refractivity contribution in [2.45, 2.75) is 59.3 Å². The van der Waals surface area contributed by atoms with E-state index in [0.717, 1.165) is 0 Å². The van der Waals surface area contributed by atoms with Gasteiger partial charge in [-0.15, -0.1) is 0 Å². The van der Waals surface area contributed by atoms with E-state index in [2.05, 4.69) is 31.0 Å². The normalized spacial score (nSPS) is 10.8. The van der Waals surface area contributed by atoms with Crippen LogP contribution >= 0.6 is 0 Å². The minimum Gasteiger partial charge on any atom is -0.282 e. The maximum Gasteiger partial charge on any atom is 0.0625 e. The number of nitrogens with zero attached hydrogens (tertiary/aromatic N) is 1. The third-order valence-electron chi connectivity index (χ3n) is 2.81. The fourth-order valence-electron chi connectivity index (χ4n) is 1.85. The van der Waals surface area contributed by atoms with E-state index in [1.807, 2.05) is 0 Å². The molecule has 0 aliphatic rings. The Hall–Kier alpha value is -0.790. The van der Waals surface area contributed by atoms with Crippen LogP contribution in [-0.4, -0.2) is 10.2 Å². The summed E-state index contributed by atoms with van der Waals surface area (Å²) >= 11 is 0. The van der Waals surface area contributed by atoms with Crippen LogP contribution in [0.2, 0.25) is 0 Å². The minimum atomic E-state index is 1.18. The second-order valence-electron chi connectivity index (χ2n) is 4.08. The Kier molecular flexibility index (Phi) is 4.71. The molecule has 80 valence electrons. The lowest BCUT2D eigenvalue weighted by atomic mass is 10.0. The molecule has 2 nitrogen and oxygen atoms in total. The first-order valence-corrected chi connectivity index (χ1v) is 5.76. The summed E-state index contributed by atoms with van der Waals surface area (Å²) in [5, 5.41) is 7.25. The van der Waals surface area contributed by atoms with Gasteiger partial charge in [0.15, 0.2) is 0 Å². The van der Waals surface area contributed by atoms with Crippen LogP contribution in [0.15, 0.2) is 0 Å². The van der Waals surface area contributed by atoms with Gasteiger partial charge in [-0.3, -0.25) is 5.10 Å². The number of nitrogens with one attached hydrogen (secondary N) is 1. The van der Waals surface area contributed by atoms with Crippen LogP contribution < -0.4 is 0 Å². The highest BCUT2D eigenvalue weighted by molar-refractivity contribution is 5.22. The van der Waals surface area contributed by atoms with E-state index in [-0.39, 0.29) is 0 Å². The number of aryl methyl sites for hydroxylation is 2. The average molecular weight is 194 g/mol. The van der Waals surface area contributed by atoms with E-state index in [0.29, 0.717) is 0 Å². The molecule has 0 radical (unpaired) electrons. The Labute approximate surface area is 87.1 Å². The number of aromatic nitrogens is 2. The molecule has 2 heteroatoms. The summed E-state index contributed by atoms with van der Waals surface area (Å²) < 4.78 is 0. The van der Waals surface area contributed by atoms with Crippen LogP contribution in [0.5, 0.6) is 0 Å². The average Bonchev–Trinajstić information content (AvgIpc) is 2.48. The Morgan fingerprint density at radius 2 is 1.79 bits per heavy atom. The molecule has 1 aromatic rings. The smallest absolute Gasteiger partial charge is 0.0625 e. The molecule has 0 fully saturated rings. The molecule has 0 saturated carbocycles. The minimum absolute atomic E-state index is 1.18. The standard InChI is InChI=1S/C12H22N2/c1-4-5-6-7-8-9-12-10(2)13-14-11(12)3/h4-9H2,1-3H3,(H,13,14). The summed E-state index contributed by atoms with van der Waals surface area (Å²) in [5.74, 6) is 0. The van der Waals surface area contributed by atoms with Crippen LogP contribution in [0.25, 0.3) is 0 Å². The molecule has 0 atom stereocenters. The molecule has 1 heterocycles. The molecule has 1 aromatic heterocycles. The summed E-state index contributed by atoms with van der Waals surface area (Å²) in [7, 11) is 0. The van der Waals surface area contributed by atoms with Gasteiger partial charge in [0.25, 0.3) is 0 Å². The van der Waals surface area contributed by atoms with Crippen molar-refractivity contribution >= 4 is 0 Å². The van der Waals surface area contributed by atoms with E-state index in [4.69, 9.17) is 0 Å².